The highest BCUT2D eigenvalue weighted by Crippen LogP contribution is 2.25. The molecule has 1 unspecified atom stereocenters. The summed E-state index contributed by atoms with van der Waals surface area (Å²) in [6.45, 7) is 7.03. The predicted octanol–water partition coefficient (Wildman–Crippen LogP) is 2.57. The molecule has 0 bridgehead atoms. The van der Waals surface area contributed by atoms with Crippen LogP contribution in [0.4, 0.5) is 0 Å². The van der Waals surface area contributed by atoms with E-state index in [9.17, 15) is 4.79 Å². The summed E-state index contributed by atoms with van der Waals surface area (Å²) in [5.41, 5.74) is 0.0837. The van der Waals surface area contributed by atoms with Crippen LogP contribution in [0.3, 0.4) is 0 Å². The molecule has 5 heteroatoms. The maximum Gasteiger partial charge on any atom is 0.258 e. The van der Waals surface area contributed by atoms with Crippen molar-refractivity contribution in [2.75, 3.05) is 13.1 Å². The van der Waals surface area contributed by atoms with Crippen molar-refractivity contribution in [3.05, 3.63) is 23.1 Å². The average Bonchev–Trinajstić information content (AvgIpc) is 2.60. The van der Waals surface area contributed by atoms with Crippen LogP contribution in [0.2, 0.25) is 5.22 Å². The first-order valence-electron chi connectivity index (χ1n) is 5.59. The number of halogens is 1. The summed E-state index contributed by atoms with van der Waals surface area (Å²) in [7, 11) is 0. The minimum atomic E-state index is -0.330. The molecule has 0 saturated carbocycles. The van der Waals surface area contributed by atoms with E-state index < -0.39 is 0 Å². The molecular formula is C12H16ClNO3. The molecule has 1 fully saturated rings. The van der Waals surface area contributed by atoms with E-state index in [4.69, 9.17) is 20.8 Å². The number of rotatable bonds is 1. The topological polar surface area (TPSA) is 42.7 Å². The molecule has 4 nitrogen and oxygen atoms in total. The highest BCUT2D eigenvalue weighted by atomic mass is 35.5. The van der Waals surface area contributed by atoms with Crippen LogP contribution in [0.5, 0.6) is 0 Å². The smallest absolute Gasteiger partial charge is 0.258 e. The number of morpholine rings is 1. The SMILES string of the molecule is CC1CN(C(=O)c2ccoc2Cl)CC(C)(C)O1. The van der Waals surface area contributed by atoms with Gasteiger partial charge in [-0.3, -0.25) is 4.79 Å². The number of hydrogen-bond donors (Lipinski definition) is 0. The van der Waals surface area contributed by atoms with E-state index in [0.717, 1.165) is 0 Å². The first-order valence-corrected chi connectivity index (χ1v) is 5.97. The molecule has 1 saturated heterocycles. The molecule has 1 aromatic heterocycles. The number of carbonyl (C=O) groups is 1. The summed E-state index contributed by atoms with van der Waals surface area (Å²) < 4.78 is 10.7. The first kappa shape index (κ1) is 12.5. The normalized spacial score (nSPS) is 23.8. The molecule has 0 radical (unpaired) electrons. The van der Waals surface area contributed by atoms with Crippen molar-refractivity contribution in [1.29, 1.82) is 0 Å². The number of amides is 1. The molecule has 2 heterocycles. The van der Waals surface area contributed by atoms with Gasteiger partial charge in [-0.25, -0.2) is 0 Å². The van der Waals surface area contributed by atoms with Crippen LogP contribution in [-0.4, -0.2) is 35.6 Å². The zero-order chi connectivity index (χ0) is 12.6. The van der Waals surface area contributed by atoms with Crippen LogP contribution in [0.15, 0.2) is 16.7 Å². The zero-order valence-corrected chi connectivity index (χ0v) is 11.0. The number of hydrogen-bond acceptors (Lipinski definition) is 3. The van der Waals surface area contributed by atoms with E-state index in [2.05, 4.69) is 0 Å². The Kier molecular flexibility index (Phi) is 3.19. The van der Waals surface area contributed by atoms with Crippen LogP contribution in [0, 0.1) is 0 Å². The van der Waals surface area contributed by atoms with Crippen LogP contribution in [-0.2, 0) is 4.74 Å². The molecule has 1 amide bonds. The second kappa shape index (κ2) is 4.35. The van der Waals surface area contributed by atoms with Gasteiger partial charge in [-0.2, -0.15) is 0 Å². The minimum absolute atomic E-state index is 0.0216. The summed E-state index contributed by atoms with van der Waals surface area (Å²) in [6.07, 6.45) is 1.44. The molecular weight excluding hydrogens is 242 g/mol. The highest BCUT2D eigenvalue weighted by molar-refractivity contribution is 6.32. The molecule has 0 N–H and O–H groups in total. The first-order chi connectivity index (χ1) is 7.89. The largest absolute Gasteiger partial charge is 0.452 e. The van der Waals surface area contributed by atoms with Crippen LogP contribution in [0.1, 0.15) is 31.1 Å². The number of ether oxygens (including phenoxy) is 1. The Morgan fingerprint density at radius 2 is 2.29 bits per heavy atom. The summed E-state index contributed by atoms with van der Waals surface area (Å²) in [4.78, 5) is 14.0. The van der Waals surface area contributed by atoms with Gasteiger partial charge in [0, 0.05) is 13.1 Å². The van der Waals surface area contributed by atoms with Gasteiger partial charge in [-0.15, -0.1) is 0 Å². The van der Waals surface area contributed by atoms with Crippen molar-refractivity contribution in [1.82, 2.24) is 4.90 Å². The van der Waals surface area contributed by atoms with Gasteiger partial charge in [0.2, 0.25) is 5.22 Å². The van der Waals surface area contributed by atoms with Crippen LogP contribution in [0.25, 0.3) is 0 Å². The minimum Gasteiger partial charge on any atom is -0.452 e. The third-order valence-electron chi connectivity index (χ3n) is 2.70. The van der Waals surface area contributed by atoms with E-state index in [1.54, 1.807) is 11.0 Å². The van der Waals surface area contributed by atoms with Gasteiger partial charge >= 0.3 is 0 Å². The summed E-state index contributed by atoms with van der Waals surface area (Å²) in [6, 6.07) is 1.60. The van der Waals surface area contributed by atoms with Crippen molar-refractivity contribution in [3.63, 3.8) is 0 Å². The second-order valence-electron chi connectivity index (χ2n) is 4.98. The molecule has 94 valence electrons. The Morgan fingerprint density at radius 3 is 2.82 bits per heavy atom. The molecule has 1 aliphatic rings. The Bertz CT molecular complexity index is 427. The fourth-order valence-electron chi connectivity index (χ4n) is 2.22. The maximum atomic E-state index is 12.2. The van der Waals surface area contributed by atoms with Crippen molar-refractivity contribution >= 4 is 17.5 Å². The molecule has 0 aliphatic carbocycles. The zero-order valence-electron chi connectivity index (χ0n) is 10.2. The van der Waals surface area contributed by atoms with Gasteiger partial charge in [-0.1, -0.05) is 0 Å². The molecule has 0 spiro atoms. The average molecular weight is 258 g/mol. The molecule has 17 heavy (non-hydrogen) atoms. The van der Waals surface area contributed by atoms with E-state index in [0.29, 0.717) is 18.7 Å². The van der Waals surface area contributed by atoms with Crippen molar-refractivity contribution in [2.45, 2.75) is 32.5 Å². The fraction of sp³-hybridized carbons (Fsp3) is 0.583. The van der Waals surface area contributed by atoms with Gasteiger partial charge < -0.3 is 14.1 Å². The maximum absolute atomic E-state index is 12.2. The van der Waals surface area contributed by atoms with Crippen molar-refractivity contribution < 1.29 is 13.9 Å². The molecule has 1 atom stereocenters. The summed E-state index contributed by atoms with van der Waals surface area (Å²) in [5.74, 6) is -0.105. The molecule has 1 aromatic rings. The lowest BCUT2D eigenvalue weighted by atomic mass is 10.0. The fourth-order valence-corrected chi connectivity index (χ4v) is 2.42. The van der Waals surface area contributed by atoms with Gasteiger partial charge in [-0.05, 0) is 38.4 Å². The molecule has 1 aliphatic heterocycles. The molecule has 0 aromatic carbocycles. The summed E-state index contributed by atoms with van der Waals surface area (Å²) >= 11 is 5.82. The lowest BCUT2D eigenvalue weighted by Gasteiger charge is -2.41. The third-order valence-corrected chi connectivity index (χ3v) is 3.00. The Labute approximate surface area is 105 Å². The van der Waals surface area contributed by atoms with Gasteiger partial charge in [0.05, 0.1) is 23.5 Å². The van der Waals surface area contributed by atoms with E-state index in [1.807, 2.05) is 20.8 Å². The summed E-state index contributed by atoms with van der Waals surface area (Å²) in [5, 5.41) is 0.145. The quantitative estimate of drug-likeness (QED) is 0.777. The van der Waals surface area contributed by atoms with Gasteiger partial charge in [0.15, 0.2) is 0 Å². The number of furan rings is 1. The Balaban J connectivity index is 2.18. The molecule has 2 rings (SSSR count). The van der Waals surface area contributed by atoms with E-state index in [-0.39, 0.29) is 22.8 Å². The van der Waals surface area contributed by atoms with E-state index in [1.165, 1.54) is 6.26 Å². The number of nitrogens with zero attached hydrogens (tertiary/aromatic N) is 1. The second-order valence-corrected chi connectivity index (χ2v) is 5.33. The van der Waals surface area contributed by atoms with Gasteiger partial charge in [0.1, 0.15) is 0 Å². The lowest BCUT2D eigenvalue weighted by Crippen LogP contribution is -2.53. The van der Waals surface area contributed by atoms with E-state index >= 15 is 0 Å². The standard InChI is InChI=1S/C12H16ClNO3/c1-8-6-14(7-12(2,3)17-8)11(15)9-4-5-16-10(9)13/h4-5,8H,6-7H2,1-3H3. The van der Waals surface area contributed by atoms with Crippen LogP contribution >= 0.6 is 11.6 Å². The van der Waals surface area contributed by atoms with Gasteiger partial charge in [0.25, 0.3) is 5.91 Å². The van der Waals surface area contributed by atoms with Crippen molar-refractivity contribution in [3.8, 4) is 0 Å². The van der Waals surface area contributed by atoms with Crippen molar-refractivity contribution in [2.24, 2.45) is 0 Å². The Hall–Kier alpha value is -1.00. The Morgan fingerprint density at radius 1 is 1.59 bits per heavy atom. The number of carbonyl (C=O) groups excluding carboxylic acids is 1. The third kappa shape index (κ3) is 2.64. The monoisotopic (exact) mass is 257 g/mol. The highest BCUT2D eigenvalue weighted by Gasteiger charge is 2.34. The lowest BCUT2D eigenvalue weighted by molar-refractivity contribution is -0.118. The predicted molar refractivity (Wildman–Crippen MR) is 64.2 cm³/mol. The van der Waals surface area contributed by atoms with Crippen LogP contribution < -0.4 is 0 Å².